The van der Waals surface area contributed by atoms with Crippen LogP contribution in [-0.2, 0) is 28.6 Å². The first kappa shape index (κ1) is 40.7. The van der Waals surface area contributed by atoms with E-state index in [1.165, 1.54) is 7.11 Å². The third-order valence-electron chi connectivity index (χ3n) is 9.62. The lowest BCUT2D eigenvalue weighted by Gasteiger charge is -2.32. The first-order chi connectivity index (χ1) is 24.2. The maximum atomic E-state index is 12.1. The number of carbonyl (C=O) groups excluding carboxylic acids is 3. The van der Waals surface area contributed by atoms with E-state index in [1.807, 2.05) is 52.0 Å². The van der Waals surface area contributed by atoms with Crippen LogP contribution in [-0.4, -0.2) is 95.0 Å². The van der Waals surface area contributed by atoms with Crippen molar-refractivity contribution in [3.05, 3.63) is 74.3 Å². The number of hydrogen-bond acceptors (Lipinski definition) is 9. The fraction of sp³-hybridized carbons (Fsp3) is 0.417. The van der Waals surface area contributed by atoms with Gasteiger partial charge in [0.05, 0.1) is 49.2 Å². The van der Waals surface area contributed by atoms with Gasteiger partial charge in [-0.1, -0.05) is 28.1 Å². The molecule has 4 heterocycles. The highest BCUT2D eigenvalue weighted by Gasteiger charge is 2.52. The first-order valence-electron chi connectivity index (χ1n) is 16.7. The molecule has 0 atom stereocenters. The molecule has 0 saturated carbocycles. The molecule has 0 spiro atoms. The molecular formula is C36H45B2BrN3O10. The Balaban J connectivity index is 0.000000179. The fourth-order valence-electron chi connectivity index (χ4n) is 6.26. The van der Waals surface area contributed by atoms with Crippen molar-refractivity contribution in [2.45, 2.75) is 58.2 Å². The zero-order chi connectivity index (χ0) is 37.1. The Labute approximate surface area is 313 Å². The van der Waals surface area contributed by atoms with Crippen LogP contribution in [0.2, 0.25) is 0 Å². The highest BCUT2D eigenvalue weighted by molar-refractivity contribution is 9.10. The molecule has 0 unspecified atom stereocenters. The van der Waals surface area contributed by atoms with Gasteiger partial charge in [-0.25, -0.2) is 0 Å². The van der Waals surface area contributed by atoms with Crippen LogP contribution in [0, 0.1) is 0 Å². The smallest absolute Gasteiger partial charge is 0.494 e. The number of nitrogens with one attached hydrogen (secondary N) is 3. The molecule has 3 aromatic rings. The molecule has 4 aliphatic rings. The molecule has 0 aliphatic carbocycles. The average molecular weight is 781 g/mol. The minimum Gasteiger partial charge on any atom is -0.496 e. The Bertz CT molecular complexity index is 1770. The number of amides is 3. The molecule has 3 aromatic carbocycles. The van der Waals surface area contributed by atoms with E-state index in [9.17, 15) is 14.4 Å². The summed E-state index contributed by atoms with van der Waals surface area (Å²) >= 11 is 3.39. The molecule has 6 N–H and O–H groups in total. The standard InChI is InChI=1S/C16H22BNO4.C10H11BNO3.C10H10BrNO2.H2O/c1-15(2)16(3,4)22-17(21-15)11-8-10-6-7-18-14(19)13(10)12(9-11)20-5;1-15-8-5-7(11-14)4-6-2-3-12-10(13)9(6)8;1-14-8-5-7(11)4-6-2-3-12-10(13)9(6)8;/h8-9H,6-7H2,1-5H3,(H,18,19);4-5,14H,2-3H2,1H3,(H,12,13);4-5H,2-3H2,1H3,(H,12,13);1H2. The van der Waals surface area contributed by atoms with Gasteiger partial charge in [-0.05, 0) is 98.8 Å². The zero-order valence-electron chi connectivity index (χ0n) is 30.5. The molecule has 277 valence electrons. The molecule has 13 nitrogen and oxygen atoms in total. The van der Waals surface area contributed by atoms with E-state index in [4.69, 9.17) is 28.5 Å². The number of methoxy groups -OCH3 is 3. The predicted octanol–water partition coefficient (Wildman–Crippen LogP) is 1.42. The summed E-state index contributed by atoms with van der Waals surface area (Å²) in [5, 5.41) is 17.3. The van der Waals surface area contributed by atoms with E-state index in [0.29, 0.717) is 59.0 Å². The minimum absolute atomic E-state index is 0. The van der Waals surface area contributed by atoms with Crippen LogP contribution in [0.3, 0.4) is 0 Å². The van der Waals surface area contributed by atoms with Crippen LogP contribution in [0.1, 0.15) is 75.5 Å². The summed E-state index contributed by atoms with van der Waals surface area (Å²) in [6.45, 7) is 10.1. The van der Waals surface area contributed by atoms with E-state index in [0.717, 1.165) is 53.4 Å². The Morgan fingerprint density at radius 1 is 0.673 bits per heavy atom. The molecule has 0 aromatic heterocycles. The summed E-state index contributed by atoms with van der Waals surface area (Å²) in [5.41, 5.74) is 5.57. The number of carbonyl (C=O) groups is 3. The lowest BCUT2D eigenvalue weighted by atomic mass is 9.76. The summed E-state index contributed by atoms with van der Waals surface area (Å²) in [4.78, 5) is 35.2. The van der Waals surface area contributed by atoms with Crippen molar-refractivity contribution in [2.24, 2.45) is 0 Å². The van der Waals surface area contributed by atoms with E-state index < -0.39 is 18.3 Å². The van der Waals surface area contributed by atoms with Gasteiger partial charge >= 0.3 is 14.6 Å². The second-order valence-corrected chi connectivity index (χ2v) is 14.3. The largest absolute Gasteiger partial charge is 0.496 e. The molecular weight excluding hydrogens is 736 g/mol. The Morgan fingerprint density at radius 2 is 1.08 bits per heavy atom. The quantitative estimate of drug-likeness (QED) is 0.278. The maximum absolute atomic E-state index is 12.1. The van der Waals surface area contributed by atoms with Gasteiger partial charge in [0.15, 0.2) is 0 Å². The van der Waals surface area contributed by atoms with Crippen LogP contribution < -0.4 is 41.1 Å². The molecule has 3 amide bonds. The van der Waals surface area contributed by atoms with Gasteiger partial charge < -0.3 is 50.0 Å². The highest BCUT2D eigenvalue weighted by atomic mass is 79.9. The van der Waals surface area contributed by atoms with Gasteiger partial charge in [-0.3, -0.25) is 14.4 Å². The number of fused-ring (bicyclic) bond motifs is 3. The van der Waals surface area contributed by atoms with Crippen LogP contribution in [0.15, 0.2) is 40.9 Å². The van der Waals surface area contributed by atoms with E-state index in [1.54, 1.807) is 26.4 Å². The van der Waals surface area contributed by atoms with E-state index in [-0.39, 0.29) is 23.2 Å². The lowest BCUT2D eigenvalue weighted by Crippen LogP contribution is -2.41. The first-order valence-corrected chi connectivity index (χ1v) is 17.5. The lowest BCUT2D eigenvalue weighted by molar-refractivity contribution is 0.00578. The molecule has 1 fully saturated rings. The number of halogens is 1. The van der Waals surface area contributed by atoms with E-state index in [2.05, 4.69) is 31.9 Å². The SMILES string of the molecule is COc1cc(B2OC(C)(C)C(C)(C)O2)cc2c1C(=O)NCC2.COc1cc(Br)cc2c1C(=O)NCC2.COc1cc([B]O)cc2c1C(=O)NCC2.O. The normalized spacial score (nSPS) is 17.4. The second-order valence-electron chi connectivity index (χ2n) is 13.4. The molecule has 0 bridgehead atoms. The van der Waals surface area contributed by atoms with Crippen molar-refractivity contribution >= 4 is 59.2 Å². The van der Waals surface area contributed by atoms with Crippen LogP contribution in [0.25, 0.3) is 0 Å². The number of benzene rings is 3. The van der Waals surface area contributed by atoms with Crippen molar-refractivity contribution in [3.8, 4) is 17.2 Å². The van der Waals surface area contributed by atoms with Gasteiger partial charge in [0.2, 0.25) is 0 Å². The number of rotatable bonds is 5. The summed E-state index contributed by atoms with van der Waals surface area (Å²) < 4.78 is 28.8. The molecule has 16 heteroatoms. The van der Waals surface area contributed by atoms with Crippen molar-refractivity contribution in [3.63, 3.8) is 0 Å². The fourth-order valence-corrected chi connectivity index (χ4v) is 6.75. The van der Waals surface area contributed by atoms with Crippen LogP contribution in [0.5, 0.6) is 17.2 Å². The summed E-state index contributed by atoms with van der Waals surface area (Å²) in [6.07, 6.45) is 2.40. The van der Waals surface area contributed by atoms with Gasteiger partial charge in [-0.15, -0.1) is 0 Å². The van der Waals surface area contributed by atoms with Gasteiger partial charge in [0.25, 0.3) is 17.7 Å². The Kier molecular flexibility index (Phi) is 13.1. The van der Waals surface area contributed by atoms with Gasteiger partial charge in [0.1, 0.15) is 17.2 Å². The third kappa shape index (κ3) is 8.42. The molecule has 7 rings (SSSR count). The molecule has 4 aliphatic heterocycles. The topological polar surface area (TPSA) is 185 Å². The predicted molar refractivity (Wildman–Crippen MR) is 202 cm³/mol. The van der Waals surface area contributed by atoms with Gasteiger partial charge in [0, 0.05) is 24.1 Å². The highest BCUT2D eigenvalue weighted by Crippen LogP contribution is 2.37. The minimum atomic E-state index is -0.450. The monoisotopic (exact) mass is 780 g/mol. The van der Waals surface area contributed by atoms with Crippen LogP contribution in [0.4, 0.5) is 0 Å². The van der Waals surface area contributed by atoms with Crippen LogP contribution >= 0.6 is 15.9 Å². The van der Waals surface area contributed by atoms with Crippen molar-refractivity contribution in [2.75, 3.05) is 41.0 Å². The maximum Gasteiger partial charge on any atom is 0.494 e. The van der Waals surface area contributed by atoms with Gasteiger partial charge in [-0.2, -0.15) is 0 Å². The summed E-state index contributed by atoms with van der Waals surface area (Å²) in [6, 6.07) is 11.1. The average Bonchev–Trinajstić information content (AvgIpc) is 3.33. The molecule has 1 radical (unpaired) electrons. The van der Waals surface area contributed by atoms with Crippen molar-refractivity contribution < 1.29 is 48.4 Å². The molecule has 1 saturated heterocycles. The van der Waals surface area contributed by atoms with Crippen molar-refractivity contribution in [1.82, 2.24) is 16.0 Å². The number of hydrogen-bond donors (Lipinski definition) is 4. The summed E-state index contributed by atoms with van der Waals surface area (Å²) in [5.74, 6) is 1.46. The zero-order valence-corrected chi connectivity index (χ0v) is 32.0. The Morgan fingerprint density at radius 3 is 1.52 bits per heavy atom. The second kappa shape index (κ2) is 16.7. The number of ether oxygens (including phenoxy) is 3. The third-order valence-corrected chi connectivity index (χ3v) is 10.1. The van der Waals surface area contributed by atoms with E-state index >= 15 is 0 Å². The molecule has 52 heavy (non-hydrogen) atoms. The summed E-state index contributed by atoms with van der Waals surface area (Å²) in [7, 11) is 5.22. The van der Waals surface area contributed by atoms with Crippen molar-refractivity contribution in [1.29, 1.82) is 0 Å². The Hall–Kier alpha value is -4.08.